The van der Waals surface area contributed by atoms with Crippen LogP contribution in [0.2, 0.25) is 0 Å². The van der Waals surface area contributed by atoms with Gasteiger partial charge in [0, 0.05) is 30.9 Å². The van der Waals surface area contributed by atoms with Gasteiger partial charge in [-0.25, -0.2) is 0 Å². The van der Waals surface area contributed by atoms with E-state index in [1.807, 2.05) is 12.1 Å². The number of carbonyl (C=O) groups is 1. The Hall–Kier alpha value is -2.28. The highest BCUT2D eigenvalue weighted by Crippen LogP contribution is 2.13. The standard InChI is InChI=1S/C14H17N5O2/c20-14(11-4-2-7-16-11)17-8-5-12-18-13(19-21-12)10-3-1-6-15-9-10/h1,3,6,9,11,16H,2,4-5,7-8H2,(H,17,20). The van der Waals surface area contributed by atoms with E-state index in [0.29, 0.717) is 24.7 Å². The number of aromatic nitrogens is 3. The predicted molar refractivity (Wildman–Crippen MR) is 75.3 cm³/mol. The molecule has 3 rings (SSSR count). The summed E-state index contributed by atoms with van der Waals surface area (Å²) in [5.74, 6) is 1.06. The first-order chi connectivity index (χ1) is 10.3. The van der Waals surface area contributed by atoms with Gasteiger partial charge >= 0.3 is 0 Å². The maximum Gasteiger partial charge on any atom is 0.237 e. The molecule has 21 heavy (non-hydrogen) atoms. The first-order valence-corrected chi connectivity index (χ1v) is 7.07. The summed E-state index contributed by atoms with van der Waals surface area (Å²) in [5, 5.41) is 9.95. The summed E-state index contributed by atoms with van der Waals surface area (Å²) in [6.45, 7) is 1.40. The third-order valence-electron chi connectivity index (χ3n) is 3.40. The Labute approximate surface area is 122 Å². The van der Waals surface area contributed by atoms with E-state index in [1.54, 1.807) is 12.4 Å². The van der Waals surface area contributed by atoms with Crippen LogP contribution in [0.3, 0.4) is 0 Å². The van der Waals surface area contributed by atoms with E-state index >= 15 is 0 Å². The molecule has 0 aromatic carbocycles. The Balaban J connectivity index is 1.50. The van der Waals surface area contributed by atoms with Gasteiger partial charge in [0.2, 0.25) is 17.6 Å². The maximum atomic E-state index is 11.8. The second kappa shape index (κ2) is 6.45. The van der Waals surface area contributed by atoms with E-state index in [2.05, 4.69) is 25.8 Å². The van der Waals surface area contributed by atoms with Crippen LogP contribution >= 0.6 is 0 Å². The third kappa shape index (κ3) is 3.43. The van der Waals surface area contributed by atoms with E-state index in [1.165, 1.54) is 0 Å². The smallest absolute Gasteiger partial charge is 0.237 e. The minimum Gasteiger partial charge on any atom is -0.354 e. The second-order valence-electron chi connectivity index (χ2n) is 4.94. The summed E-state index contributed by atoms with van der Waals surface area (Å²) in [5.41, 5.74) is 0.812. The molecule has 2 aromatic rings. The van der Waals surface area contributed by atoms with Gasteiger partial charge in [0.05, 0.1) is 6.04 Å². The monoisotopic (exact) mass is 287 g/mol. The molecular formula is C14H17N5O2. The van der Waals surface area contributed by atoms with Gasteiger partial charge < -0.3 is 15.2 Å². The quantitative estimate of drug-likeness (QED) is 0.834. The molecule has 1 amide bonds. The van der Waals surface area contributed by atoms with Crippen LogP contribution in [0.15, 0.2) is 29.0 Å². The minimum atomic E-state index is -0.0568. The van der Waals surface area contributed by atoms with Gasteiger partial charge in [-0.2, -0.15) is 4.98 Å². The summed E-state index contributed by atoms with van der Waals surface area (Å²) < 4.78 is 5.17. The lowest BCUT2D eigenvalue weighted by atomic mass is 10.2. The number of amides is 1. The first kappa shape index (κ1) is 13.7. The van der Waals surface area contributed by atoms with Gasteiger partial charge in [-0.15, -0.1) is 0 Å². The van der Waals surface area contributed by atoms with Gasteiger partial charge in [0.1, 0.15) is 0 Å². The molecule has 1 saturated heterocycles. The zero-order valence-corrected chi connectivity index (χ0v) is 11.6. The summed E-state index contributed by atoms with van der Waals surface area (Å²) >= 11 is 0. The van der Waals surface area contributed by atoms with Crippen molar-refractivity contribution in [2.75, 3.05) is 13.1 Å². The molecule has 0 spiro atoms. The highest BCUT2D eigenvalue weighted by Gasteiger charge is 2.21. The van der Waals surface area contributed by atoms with Crippen molar-refractivity contribution in [3.05, 3.63) is 30.4 Å². The van der Waals surface area contributed by atoms with Crippen LogP contribution in [0.1, 0.15) is 18.7 Å². The summed E-state index contributed by atoms with van der Waals surface area (Å²) in [6.07, 6.45) is 5.85. The maximum absolute atomic E-state index is 11.8. The molecule has 110 valence electrons. The zero-order chi connectivity index (χ0) is 14.5. The van der Waals surface area contributed by atoms with E-state index in [9.17, 15) is 4.79 Å². The molecule has 1 aliphatic rings. The summed E-state index contributed by atoms with van der Waals surface area (Å²) in [7, 11) is 0. The molecule has 1 atom stereocenters. The van der Waals surface area contributed by atoms with Crippen molar-refractivity contribution in [2.45, 2.75) is 25.3 Å². The molecule has 0 bridgehead atoms. The van der Waals surface area contributed by atoms with Crippen LogP contribution in [0.4, 0.5) is 0 Å². The lowest BCUT2D eigenvalue weighted by molar-refractivity contribution is -0.122. The van der Waals surface area contributed by atoms with E-state index in [4.69, 9.17) is 4.52 Å². The molecule has 1 fully saturated rings. The van der Waals surface area contributed by atoms with Crippen LogP contribution in [-0.2, 0) is 11.2 Å². The lowest BCUT2D eigenvalue weighted by Crippen LogP contribution is -2.41. The van der Waals surface area contributed by atoms with Gasteiger partial charge in [0.25, 0.3) is 0 Å². The number of hydrogen-bond donors (Lipinski definition) is 2. The fourth-order valence-corrected chi connectivity index (χ4v) is 2.29. The predicted octanol–water partition coefficient (Wildman–Crippen LogP) is 0.542. The van der Waals surface area contributed by atoms with Crippen LogP contribution in [-0.4, -0.2) is 40.2 Å². The van der Waals surface area contributed by atoms with Gasteiger partial charge in [0.15, 0.2) is 0 Å². The first-order valence-electron chi connectivity index (χ1n) is 7.07. The van der Waals surface area contributed by atoms with E-state index < -0.39 is 0 Å². The largest absolute Gasteiger partial charge is 0.354 e. The average molecular weight is 287 g/mol. The van der Waals surface area contributed by atoms with Gasteiger partial charge in [-0.1, -0.05) is 5.16 Å². The van der Waals surface area contributed by atoms with E-state index in [0.717, 1.165) is 24.9 Å². The topological polar surface area (TPSA) is 92.9 Å². The molecule has 0 aliphatic carbocycles. The molecule has 0 radical (unpaired) electrons. The molecule has 3 heterocycles. The summed E-state index contributed by atoms with van der Waals surface area (Å²) in [4.78, 5) is 20.1. The van der Waals surface area contributed by atoms with E-state index in [-0.39, 0.29) is 11.9 Å². The Morgan fingerprint density at radius 2 is 2.48 bits per heavy atom. The Kier molecular flexibility index (Phi) is 4.20. The zero-order valence-electron chi connectivity index (χ0n) is 11.6. The fourth-order valence-electron chi connectivity index (χ4n) is 2.29. The van der Waals surface area contributed by atoms with Crippen LogP contribution < -0.4 is 10.6 Å². The van der Waals surface area contributed by atoms with Crippen molar-refractivity contribution in [3.63, 3.8) is 0 Å². The highest BCUT2D eigenvalue weighted by atomic mass is 16.5. The highest BCUT2D eigenvalue weighted by molar-refractivity contribution is 5.81. The minimum absolute atomic E-state index is 0.0412. The van der Waals surface area contributed by atoms with Crippen molar-refractivity contribution in [2.24, 2.45) is 0 Å². The van der Waals surface area contributed by atoms with Gasteiger partial charge in [-0.3, -0.25) is 9.78 Å². The van der Waals surface area contributed by atoms with Crippen LogP contribution in [0.25, 0.3) is 11.4 Å². The molecular weight excluding hydrogens is 270 g/mol. The molecule has 1 aliphatic heterocycles. The summed E-state index contributed by atoms with van der Waals surface area (Å²) in [6, 6.07) is 3.63. The normalized spacial score (nSPS) is 17.8. The number of rotatable bonds is 5. The van der Waals surface area contributed by atoms with Crippen molar-refractivity contribution in [1.29, 1.82) is 0 Å². The Bertz CT molecular complexity index is 592. The molecule has 2 N–H and O–H groups in total. The van der Waals surface area contributed by atoms with Crippen molar-refractivity contribution >= 4 is 5.91 Å². The number of carbonyl (C=O) groups excluding carboxylic acids is 1. The van der Waals surface area contributed by atoms with Crippen molar-refractivity contribution in [1.82, 2.24) is 25.8 Å². The number of nitrogens with one attached hydrogen (secondary N) is 2. The SMILES string of the molecule is O=C(NCCc1nc(-c2cccnc2)no1)C1CCCN1. The number of pyridine rings is 1. The number of nitrogens with zero attached hydrogens (tertiary/aromatic N) is 3. The van der Waals surface area contributed by atoms with Crippen LogP contribution in [0, 0.1) is 0 Å². The van der Waals surface area contributed by atoms with Gasteiger partial charge in [-0.05, 0) is 31.5 Å². The molecule has 0 saturated carbocycles. The third-order valence-corrected chi connectivity index (χ3v) is 3.40. The molecule has 7 nitrogen and oxygen atoms in total. The second-order valence-corrected chi connectivity index (χ2v) is 4.94. The van der Waals surface area contributed by atoms with Crippen molar-refractivity contribution in [3.8, 4) is 11.4 Å². The van der Waals surface area contributed by atoms with Crippen LogP contribution in [0.5, 0.6) is 0 Å². The average Bonchev–Trinajstić information content (AvgIpc) is 3.20. The lowest BCUT2D eigenvalue weighted by Gasteiger charge is -2.09. The Morgan fingerprint density at radius 1 is 1.52 bits per heavy atom. The molecule has 1 unspecified atom stereocenters. The molecule has 2 aromatic heterocycles. The fraction of sp³-hybridized carbons (Fsp3) is 0.429. The van der Waals surface area contributed by atoms with Crippen molar-refractivity contribution < 1.29 is 9.32 Å². The Morgan fingerprint density at radius 3 is 3.24 bits per heavy atom. The molecule has 7 heteroatoms. The number of hydrogen-bond acceptors (Lipinski definition) is 6.